The Balaban J connectivity index is 1.95. The van der Waals surface area contributed by atoms with Crippen molar-refractivity contribution in [3.8, 4) is 0 Å². The molecular weight excluding hydrogens is 380 g/mol. The molecule has 2 amide bonds. The number of ether oxygens (including phenoxy) is 1. The molecule has 0 radical (unpaired) electrons. The Morgan fingerprint density at radius 3 is 2.27 bits per heavy atom. The van der Waals surface area contributed by atoms with E-state index in [9.17, 15) is 14.4 Å². The highest BCUT2D eigenvalue weighted by atomic mass is 16.6. The van der Waals surface area contributed by atoms with Crippen LogP contribution in [0.1, 0.15) is 77.8 Å². The third kappa shape index (κ3) is 7.47. The molecule has 0 bridgehead atoms. The Bertz CT molecular complexity index is 696. The molecule has 0 aliphatic heterocycles. The average Bonchev–Trinajstić information content (AvgIpc) is 2.70. The van der Waals surface area contributed by atoms with Gasteiger partial charge in [0.05, 0.1) is 6.04 Å². The van der Waals surface area contributed by atoms with Crippen molar-refractivity contribution in [2.45, 2.75) is 84.4 Å². The molecule has 0 spiro atoms. The van der Waals surface area contributed by atoms with E-state index in [1.165, 1.54) is 0 Å². The maximum Gasteiger partial charge on any atom is 0.408 e. The van der Waals surface area contributed by atoms with Crippen molar-refractivity contribution in [2.75, 3.05) is 0 Å². The summed E-state index contributed by atoms with van der Waals surface area (Å²) in [5, 5.41) is 5.39. The third-order valence-corrected chi connectivity index (χ3v) is 5.73. The highest BCUT2D eigenvalue weighted by Crippen LogP contribution is 2.30. The molecule has 1 fully saturated rings. The molecule has 1 aliphatic carbocycles. The molecule has 0 heterocycles. The van der Waals surface area contributed by atoms with Gasteiger partial charge in [-0.3, -0.25) is 9.59 Å². The summed E-state index contributed by atoms with van der Waals surface area (Å²) in [6, 6.07) is 8.28. The number of Topliss-reactive ketones (excluding diaryl/α,β-unsaturated/α-hetero) is 1. The van der Waals surface area contributed by atoms with Gasteiger partial charge in [0.1, 0.15) is 12.1 Å². The Morgan fingerprint density at radius 1 is 1.03 bits per heavy atom. The quantitative estimate of drug-likeness (QED) is 0.579. The predicted octanol–water partition coefficient (Wildman–Crippen LogP) is 4.54. The summed E-state index contributed by atoms with van der Waals surface area (Å²) in [6.45, 7) is 8.16. The van der Waals surface area contributed by atoms with Gasteiger partial charge >= 0.3 is 6.09 Å². The summed E-state index contributed by atoms with van der Waals surface area (Å²) < 4.78 is 5.59. The summed E-state index contributed by atoms with van der Waals surface area (Å²) in [5.41, 5.74) is 0.914. The number of rotatable bonds is 9. The van der Waals surface area contributed by atoms with Crippen LogP contribution in [0.25, 0.3) is 0 Å². The van der Waals surface area contributed by atoms with E-state index in [1.54, 1.807) is 0 Å². The van der Waals surface area contributed by atoms with E-state index in [-0.39, 0.29) is 12.1 Å². The maximum atomic E-state index is 12.8. The van der Waals surface area contributed by atoms with Gasteiger partial charge in [-0.25, -0.2) is 4.79 Å². The number of nitrogens with one attached hydrogen (secondary N) is 2. The fourth-order valence-corrected chi connectivity index (χ4v) is 4.23. The van der Waals surface area contributed by atoms with Crippen LogP contribution in [0.5, 0.6) is 0 Å². The Morgan fingerprint density at radius 2 is 1.67 bits per heavy atom. The molecule has 1 aromatic carbocycles. The SMILES string of the molecule is CCCC[C@H](NC(=O)OC1C[C@@H](C)C[C@@H](C)C1)C(=O)C(=O)N[C@H](C)c1ccccc1. The highest BCUT2D eigenvalue weighted by Gasteiger charge is 2.30. The van der Waals surface area contributed by atoms with E-state index in [4.69, 9.17) is 4.74 Å². The van der Waals surface area contributed by atoms with Crippen LogP contribution in [0.4, 0.5) is 4.79 Å². The molecule has 6 heteroatoms. The number of amides is 2. The van der Waals surface area contributed by atoms with Crippen molar-refractivity contribution >= 4 is 17.8 Å². The van der Waals surface area contributed by atoms with E-state index in [2.05, 4.69) is 24.5 Å². The average molecular weight is 417 g/mol. The number of ketones is 1. The molecule has 0 aromatic heterocycles. The molecule has 30 heavy (non-hydrogen) atoms. The first kappa shape index (κ1) is 23.9. The highest BCUT2D eigenvalue weighted by molar-refractivity contribution is 6.38. The summed E-state index contributed by atoms with van der Waals surface area (Å²) in [7, 11) is 0. The van der Waals surface area contributed by atoms with Gasteiger partial charge in [-0.05, 0) is 50.0 Å². The molecule has 6 nitrogen and oxygen atoms in total. The molecule has 2 N–H and O–H groups in total. The number of hydrogen-bond donors (Lipinski definition) is 2. The Hall–Kier alpha value is -2.37. The summed E-state index contributed by atoms with van der Waals surface area (Å²) in [6.07, 6.45) is 4.06. The van der Waals surface area contributed by atoms with E-state index in [0.717, 1.165) is 37.7 Å². The van der Waals surface area contributed by atoms with E-state index in [0.29, 0.717) is 18.3 Å². The van der Waals surface area contributed by atoms with Crippen LogP contribution in [0.15, 0.2) is 30.3 Å². The zero-order valence-electron chi connectivity index (χ0n) is 18.6. The van der Waals surface area contributed by atoms with Crippen molar-refractivity contribution in [3.63, 3.8) is 0 Å². The molecule has 2 rings (SSSR count). The lowest BCUT2D eigenvalue weighted by Crippen LogP contribution is -2.48. The van der Waals surface area contributed by atoms with Crippen molar-refractivity contribution in [3.05, 3.63) is 35.9 Å². The zero-order chi connectivity index (χ0) is 22.1. The van der Waals surface area contributed by atoms with Crippen molar-refractivity contribution < 1.29 is 19.1 Å². The van der Waals surface area contributed by atoms with Crippen LogP contribution in [-0.4, -0.2) is 29.9 Å². The van der Waals surface area contributed by atoms with Gasteiger partial charge in [0.2, 0.25) is 5.78 Å². The maximum absolute atomic E-state index is 12.8. The van der Waals surface area contributed by atoms with Crippen LogP contribution < -0.4 is 10.6 Å². The minimum Gasteiger partial charge on any atom is -0.446 e. The Kier molecular flexibility index (Phi) is 9.34. The second kappa shape index (κ2) is 11.7. The lowest BCUT2D eigenvalue weighted by Gasteiger charge is -2.31. The Labute approximate surface area is 180 Å². The van der Waals surface area contributed by atoms with Gasteiger partial charge in [-0.1, -0.05) is 63.9 Å². The van der Waals surface area contributed by atoms with Gasteiger partial charge in [-0.2, -0.15) is 0 Å². The number of carbonyl (C=O) groups is 3. The van der Waals surface area contributed by atoms with Crippen molar-refractivity contribution in [2.24, 2.45) is 11.8 Å². The first-order chi connectivity index (χ1) is 14.3. The van der Waals surface area contributed by atoms with Crippen LogP contribution in [0, 0.1) is 11.8 Å². The molecule has 1 unspecified atom stereocenters. The fraction of sp³-hybridized carbons (Fsp3) is 0.625. The number of unbranched alkanes of at least 4 members (excludes halogenated alkanes) is 1. The van der Waals surface area contributed by atoms with E-state index in [1.807, 2.05) is 44.2 Å². The van der Waals surface area contributed by atoms with Gasteiger partial charge in [-0.15, -0.1) is 0 Å². The van der Waals surface area contributed by atoms with Crippen LogP contribution in [0.2, 0.25) is 0 Å². The smallest absolute Gasteiger partial charge is 0.408 e. The number of alkyl carbamates (subject to hydrolysis) is 1. The third-order valence-electron chi connectivity index (χ3n) is 5.73. The fourth-order valence-electron chi connectivity index (χ4n) is 4.23. The van der Waals surface area contributed by atoms with Crippen LogP contribution in [0.3, 0.4) is 0 Å². The van der Waals surface area contributed by atoms with Crippen LogP contribution >= 0.6 is 0 Å². The zero-order valence-corrected chi connectivity index (χ0v) is 18.6. The summed E-state index contributed by atoms with van der Waals surface area (Å²) in [4.78, 5) is 37.8. The molecular formula is C24H36N2O4. The predicted molar refractivity (Wildman–Crippen MR) is 117 cm³/mol. The summed E-state index contributed by atoms with van der Waals surface area (Å²) in [5.74, 6) is -0.301. The number of carbonyl (C=O) groups excluding carboxylic acids is 3. The van der Waals surface area contributed by atoms with Gasteiger partial charge in [0.15, 0.2) is 0 Å². The van der Waals surface area contributed by atoms with Gasteiger partial charge in [0, 0.05) is 0 Å². The monoisotopic (exact) mass is 416 g/mol. The minimum absolute atomic E-state index is 0.141. The first-order valence-corrected chi connectivity index (χ1v) is 11.2. The number of hydrogen-bond acceptors (Lipinski definition) is 4. The van der Waals surface area contributed by atoms with Gasteiger partial charge in [0.25, 0.3) is 5.91 Å². The molecule has 166 valence electrons. The first-order valence-electron chi connectivity index (χ1n) is 11.2. The van der Waals surface area contributed by atoms with Crippen molar-refractivity contribution in [1.82, 2.24) is 10.6 Å². The second-order valence-corrected chi connectivity index (χ2v) is 8.75. The second-order valence-electron chi connectivity index (χ2n) is 8.75. The lowest BCUT2D eigenvalue weighted by atomic mass is 9.82. The minimum atomic E-state index is -0.876. The molecule has 1 saturated carbocycles. The van der Waals surface area contributed by atoms with E-state index >= 15 is 0 Å². The molecule has 1 aromatic rings. The van der Waals surface area contributed by atoms with Crippen LogP contribution in [-0.2, 0) is 14.3 Å². The summed E-state index contributed by atoms with van der Waals surface area (Å²) >= 11 is 0. The molecule has 5 atom stereocenters. The molecule has 1 aliphatic rings. The number of benzene rings is 1. The standard InChI is InChI=1S/C24H36N2O4/c1-5-6-12-21(26-24(29)30-20-14-16(2)13-17(3)15-20)22(27)23(28)25-18(4)19-10-8-7-9-11-19/h7-11,16-18,20-21H,5-6,12-15H2,1-4H3,(H,25,28)(H,26,29)/t16-,17+,18-,20?,21+/m1/s1. The molecule has 0 saturated heterocycles. The topological polar surface area (TPSA) is 84.5 Å². The largest absolute Gasteiger partial charge is 0.446 e. The lowest BCUT2D eigenvalue weighted by molar-refractivity contribution is -0.139. The van der Waals surface area contributed by atoms with Gasteiger partial charge < -0.3 is 15.4 Å². The van der Waals surface area contributed by atoms with E-state index < -0.39 is 23.8 Å². The normalized spacial score (nSPS) is 23.1. The van der Waals surface area contributed by atoms with Crippen molar-refractivity contribution in [1.29, 1.82) is 0 Å².